The van der Waals surface area contributed by atoms with Gasteiger partial charge in [0.2, 0.25) is 5.91 Å². The first kappa shape index (κ1) is 24.2. The van der Waals surface area contributed by atoms with Crippen LogP contribution in [-0.4, -0.2) is 28.1 Å². The molecule has 2 atom stereocenters. The summed E-state index contributed by atoms with van der Waals surface area (Å²) in [6, 6.07) is 8.91. The monoisotopic (exact) mass is 491 g/mol. The van der Waals surface area contributed by atoms with Crippen molar-refractivity contribution in [3.8, 4) is 0 Å². The van der Waals surface area contributed by atoms with Crippen LogP contribution in [0.25, 0.3) is 0 Å². The Labute approximate surface area is 200 Å². The van der Waals surface area contributed by atoms with Gasteiger partial charge in [-0.2, -0.15) is 0 Å². The zero-order valence-electron chi connectivity index (χ0n) is 19.5. The zero-order chi connectivity index (χ0) is 21.7. The van der Waals surface area contributed by atoms with Crippen molar-refractivity contribution in [2.45, 2.75) is 64.1 Å². The number of hydrogen-bond acceptors (Lipinski definition) is 1. The van der Waals surface area contributed by atoms with Crippen molar-refractivity contribution >= 4 is 27.7 Å². The van der Waals surface area contributed by atoms with Gasteiger partial charge in [-0.15, -0.1) is 0 Å². The van der Waals surface area contributed by atoms with Gasteiger partial charge in [0.15, 0.2) is 0 Å². The van der Waals surface area contributed by atoms with Crippen molar-refractivity contribution in [3.05, 3.63) is 82.6 Å². The standard InChI is InChI=1S/C21H29NOSi2.C5H5.Co/c1-24(2,3)17-13-14-11-12-18(23)22-16-10-8-7-9-15(16)19(20(14)22)21(17)25(4,5)6;1-2-4-5-3-1;/h7-10,13,19-20H,11-12H2,1-6H3;1-5H;/t19-,20-;;/m0../s1. The summed E-state index contributed by atoms with van der Waals surface area (Å²) in [5, 5.41) is 3.39. The first-order chi connectivity index (χ1) is 14.1. The molecular weight excluding hydrogens is 457 g/mol. The van der Waals surface area contributed by atoms with E-state index in [0.717, 1.165) is 6.42 Å². The Morgan fingerprint density at radius 2 is 1.52 bits per heavy atom. The topological polar surface area (TPSA) is 20.3 Å². The van der Waals surface area contributed by atoms with E-state index in [4.69, 9.17) is 0 Å². The molecule has 1 aromatic carbocycles. The van der Waals surface area contributed by atoms with E-state index in [9.17, 15) is 4.79 Å². The third kappa shape index (κ3) is 4.42. The van der Waals surface area contributed by atoms with E-state index in [1.54, 1.807) is 10.4 Å². The number of amides is 1. The Balaban J connectivity index is 0.000000401. The molecule has 2 nitrogen and oxygen atoms in total. The quantitative estimate of drug-likeness (QED) is 0.428. The number of fused-ring (bicyclic) bond motifs is 3. The van der Waals surface area contributed by atoms with Gasteiger partial charge >= 0.3 is 0 Å². The van der Waals surface area contributed by atoms with E-state index in [0.29, 0.717) is 18.2 Å². The molecule has 0 saturated carbocycles. The minimum atomic E-state index is -1.52. The van der Waals surface area contributed by atoms with E-state index in [1.165, 1.54) is 16.8 Å². The zero-order valence-corrected chi connectivity index (χ0v) is 22.6. The van der Waals surface area contributed by atoms with Crippen LogP contribution in [0.5, 0.6) is 0 Å². The van der Waals surface area contributed by atoms with Crippen LogP contribution in [0.2, 0.25) is 39.3 Å². The maximum Gasteiger partial charge on any atom is 0.227 e. The van der Waals surface area contributed by atoms with Crippen molar-refractivity contribution < 1.29 is 21.6 Å². The minimum Gasteiger partial charge on any atom is -0.304 e. The van der Waals surface area contributed by atoms with E-state index in [-0.39, 0.29) is 22.8 Å². The number of anilines is 1. The first-order valence-electron chi connectivity index (χ1n) is 11.1. The van der Waals surface area contributed by atoms with Crippen LogP contribution in [0.4, 0.5) is 5.69 Å². The Kier molecular flexibility index (Phi) is 6.92. The molecule has 0 bridgehead atoms. The van der Waals surface area contributed by atoms with Crippen LogP contribution in [0.15, 0.2) is 70.6 Å². The molecule has 5 rings (SSSR count). The number of piperidine rings is 1. The summed E-state index contributed by atoms with van der Waals surface area (Å²) in [5.74, 6) is 0.706. The Morgan fingerprint density at radius 3 is 2.06 bits per heavy atom. The van der Waals surface area contributed by atoms with E-state index >= 15 is 0 Å². The van der Waals surface area contributed by atoms with Gasteiger partial charge in [0.25, 0.3) is 0 Å². The van der Waals surface area contributed by atoms with Crippen molar-refractivity contribution in [1.82, 2.24) is 0 Å². The number of benzene rings is 1. The number of hydrogen-bond donors (Lipinski definition) is 0. The number of rotatable bonds is 2. The molecule has 1 saturated heterocycles. The molecule has 166 valence electrons. The molecule has 1 fully saturated rings. The average molecular weight is 492 g/mol. The van der Waals surface area contributed by atoms with Gasteiger partial charge in [-0.1, -0.05) is 98.3 Å². The molecule has 0 aromatic heterocycles. The van der Waals surface area contributed by atoms with Crippen LogP contribution >= 0.6 is 0 Å². The van der Waals surface area contributed by atoms with Crippen LogP contribution in [-0.2, 0) is 21.6 Å². The van der Waals surface area contributed by atoms with Crippen molar-refractivity contribution in [1.29, 1.82) is 0 Å². The second-order valence-corrected chi connectivity index (χ2v) is 20.8. The molecule has 4 aliphatic rings. The number of carbonyl (C=O) groups excluding carboxylic acids is 1. The molecule has 2 aliphatic carbocycles. The average Bonchev–Trinajstić information content (AvgIpc) is 3.34. The van der Waals surface area contributed by atoms with Gasteiger partial charge in [-0.3, -0.25) is 4.79 Å². The Hall–Kier alpha value is -1.41. The largest absolute Gasteiger partial charge is 0.304 e. The van der Waals surface area contributed by atoms with Crippen molar-refractivity contribution in [2.75, 3.05) is 4.90 Å². The summed E-state index contributed by atoms with van der Waals surface area (Å²) < 4.78 is 0. The van der Waals surface area contributed by atoms with Gasteiger partial charge in [-0.25, -0.2) is 0 Å². The van der Waals surface area contributed by atoms with Crippen LogP contribution < -0.4 is 4.90 Å². The molecule has 2 radical (unpaired) electrons. The number of para-hydroxylation sites is 1. The van der Waals surface area contributed by atoms with E-state index in [2.05, 4.69) is 74.5 Å². The van der Waals surface area contributed by atoms with Gasteiger partial charge in [0.05, 0.1) is 22.2 Å². The SMILES string of the molecule is C[Si](C)(C)C1=C([Si](C)(C)C)[C@H]2c3ccccc3N3C(=O)CCC(=C1)[C@@H]23.[CH]1C=CC=C1.[Co]. The molecule has 1 aromatic rings. The fraction of sp³-hybridized carbons (Fsp3) is 0.385. The fourth-order valence-corrected chi connectivity index (χ4v) is 11.3. The third-order valence-electron chi connectivity index (χ3n) is 6.50. The molecule has 0 N–H and O–H groups in total. The summed E-state index contributed by atoms with van der Waals surface area (Å²) in [7, 11) is -2.97. The fourth-order valence-electron chi connectivity index (χ4n) is 5.34. The van der Waals surface area contributed by atoms with Gasteiger partial charge in [-0.05, 0) is 23.6 Å². The first-order valence-corrected chi connectivity index (χ1v) is 18.1. The predicted molar refractivity (Wildman–Crippen MR) is 134 cm³/mol. The predicted octanol–water partition coefficient (Wildman–Crippen LogP) is 6.58. The Morgan fingerprint density at radius 1 is 0.871 bits per heavy atom. The molecule has 0 spiro atoms. The third-order valence-corrected chi connectivity index (χ3v) is 11.0. The van der Waals surface area contributed by atoms with E-state index in [1.807, 2.05) is 30.7 Å². The number of carbonyl (C=O) groups is 1. The number of nitrogens with zero attached hydrogens (tertiary/aromatic N) is 1. The molecule has 31 heavy (non-hydrogen) atoms. The molecule has 0 unspecified atom stereocenters. The van der Waals surface area contributed by atoms with Crippen LogP contribution in [0, 0.1) is 6.42 Å². The van der Waals surface area contributed by atoms with Crippen LogP contribution in [0.3, 0.4) is 0 Å². The molecule has 2 heterocycles. The van der Waals surface area contributed by atoms with E-state index < -0.39 is 16.1 Å². The molecule has 2 aliphatic heterocycles. The normalized spacial score (nSPS) is 23.6. The smallest absolute Gasteiger partial charge is 0.227 e. The molecular formula is C26H34CoNOSi2. The van der Waals surface area contributed by atoms with Gasteiger partial charge in [0, 0.05) is 41.2 Å². The summed E-state index contributed by atoms with van der Waals surface area (Å²) in [4.78, 5) is 14.9. The van der Waals surface area contributed by atoms with Crippen molar-refractivity contribution in [2.24, 2.45) is 0 Å². The second kappa shape index (κ2) is 8.85. The summed E-state index contributed by atoms with van der Waals surface area (Å²) in [6.45, 7) is 14.9. The summed E-state index contributed by atoms with van der Waals surface area (Å²) in [6.07, 6.45) is 14.1. The minimum absolute atomic E-state index is 0. The van der Waals surface area contributed by atoms with Gasteiger partial charge in [0.1, 0.15) is 0 Å². The Bertz CT molecular complexity index is 981. The maximum atomic E-state index is 12.8. The summed E-state index contributed by atoms with van der Waals surface area (Å²) >= 11 is 0. The van der Waals surface area contributed by atoms with Crippen molar-refractivity contribution in [3.63, 3.8) is 0 Å². The molecule has 1 amide bonds. The maximum absolute atomic E-state index is 12.8. The van der Waals surface area contributed by atoms with Gasteiger partial charge < -0.3 is 4.90 Å². The second-order valence-electron chi connectivity index (χ2n) is 10.8. The molecule has 5 heteroatoms. The summed E-state index contributed by atoms with van der Waals surface area (Å²) in [5.41, 5.74) is 4.06. The van der Waals surface area contributed by atoms with Crippen LogP contribution in [0.1, 0.15) is 24.3 Å². The number of allylic oxidation sites excluding steroid dienone is 6.